The number of hydrogen-bond donors (Lipinski definition) is 1. The average molecular weight is 416 g/mol. The van der Waals surface area contributed by atoms with Gasteiger partial charge < -0.3 is 10.1 Å². The Balaban J connectivity index is 2.19. The van der Waals surface area contributed by atoms with Crippen LogP contribution in [0.3, 0.4) is 0 Å². The lowest BCUT2D eigenvalue weighted by molar-refractivity contribution is -0.122. The summed E-state index contributed by atoms with van der Waals surface area (Å²) in [7, 11) is -3.65. The third-order valence-corrected chi connectivity index (χ3v) is 6.62. The van der Waals surface area contributed by atoms with Crippen molar-refractivity contribution in [2.24, 2.45) is 0 Å². The van der Waals surface area contributed by atoms with Gasteiger partial charge in [0, 0.05) is 18.8 Å². The summed E-state index contributed by atoms with van der Waals surface area (Å²) in [4.78, 5) is 12.7. The topological polar surface area (TPSA) is 99.5 Å². The van der Waals surface area contributed by atoms with E-state index < -0.39 is 22.0 Å². The Hall–Kier alpha value is -2.89. The molecule has 0 spiro atoms. The molecule has 154 valence electrons. The molecule has 0 saturated carbocycles. The molecule has 1 N–H and O–H groups in total. The molecule has 0 radical (unpaired) electrons. The summed E-state index contributed by atoms with van der Waals surface area (Å²) in [5.74, 6) is -0.0252. The third kappa shape index (κ3) is 5.34. The number of sulfonamides is 1. The highest BCUT2D eigenvalue weighted by Gasteiger charge is 2.24. The smallest absolute Gasteiger partial charge is 0.265 e. The van der Waals surface area contributed by atoms with Gasteiger partial charge in [0.15, 0.2) is 6.10 Å². The van der Waals surface area contributed by atoms with Gasteiger partial charge in [0.1, 0.15) is 5.75 Å². The summed E-state index contributed by atoms with van der Waals surface area (Å²) < 4.78 is 32.7. The fourth-order valence-electron chi connectivity index (χ4n) is 2.80. The van der Waals surface area contributed by atoms with E-state index in [4.69, 9.17) is 10.00 Å². The summed E-state index contributed by atoms with van der Waals surface area (Å²) in [6.07, 6.45) is -0.840. The molecule has 0 unspecified atom stereocenters. The van der Waals surface area contributed by atoms with Crippen LogP contribution in [0.5, 0.6) is 5.75 Å². The highest BCUT2D eigenvalue weighted by Crippen LogP contribution is 2.24. The van der Waals surface area contributed by atoms with Crippen LogP contribution >= 0.6 is 0 Å². The Labute approximate surface area is 172 Å². The van der Waals surface area contributed by atoms with Gasteiger partial charge in [-0.3, -0.25) is 4.79 Å². The molecule has 0 bridgehead atoms. The van der Waals surface area contributed by atoms with E-state index in [0.29, 0.717) is 35.7 Å². The van der Waals surface area contributed by atoms with E-state index in [1.54, 1.807) is 64.1 Å². The molecule has 29 heavy (non-hydrogen) atoms. The summed E-state index contributed by atoms with van der Waals surface area (Å²) in [5.41, 5.74) is 1.40. The van der Waals surface area contributed by atoms with E-state index in [0.717, 1.165) is 0 Å². The second-order valence-electron chi connectivity index (χ2n) is 6.46. The zero-order chi connectivity index (χ0) is 21.6. The van der Waals surface area contributed by atoms with Crippen LogP contribution in [0.25, 0.3) is 0 Å². The van der Waals surface area contributed by atoms with Crippen LogP contribution in [-0.4, -0.2) is 37.8 Å². The molecule has 1 atom stereocenters. The van der Waals surface area contributed by atoms with Gasteiger partial charge in [-0.25, -0.2) is 8.42 Å². The first kappa shape index (κ1) is 22.4. The minimum atomic E-state index is -3.65. The molecule has 0 aliphatic carbocycles. The number of carbonyl (C=O) groups excluding carboxylic acids is 1. The second kappa shape index (κ2) is 9.54. The molecule has 8 heteroatoms. The van der Waals surface area contributed by atoms with Crippen LogP contribution < -0.4 is 10.1 Å². The van der Waals surface area contributed by atoms with Crippen molar-refractivity contribution in [2.45, 2.75) is 38.7 Å². The van der Waals surface area contributed by atoms with Crippen molar-refractivity contribution < 1.29 is 17.9 Å². The van der Waals surface area contributed by atoms with E-state index >= 15 is 0 Å². The lowest BCUT2D eigenvalue weighted by atomic mass is 10.2. The minimum absolute atomic E-state index is 0.161. The van der Waals surface area contributed by atoms with Gasteiger partial charge in [0.25, 0.3) is 5.91 Å². The Kier molecular flexibility index (Phi) is 7.37. The first-order valence-corrected chi connectivity index (χ1v) is 10.7. The van der Waals surface area contributed by atoms with Gasteiger partial charge >= 0.3 is 0 Å². The summed E-state index contributed by atoms with van der Waals surface area (Å²) in [5, 5.41) is 11.6. The number of nitrogens with one attached hydrogen (secondary N) is 1. The lowest BCUT2D eigenvalue weighted by Crippen LogP contribution is -2.32. The maximum Gasteiger partial charge on any atom is 0.265 e. The zero-order valence-electron chi connectivity index (χ0n) is 17.0. The van der Waals surface area contributed by atoms with Gasteiger partial charge in [-0.15, -0.1) is 0 Å². The molecule has 2 aromatic rings. The molecule has 0 saturated heterocycles. The minimum Gasteiger partial charge on any atom is -0.481 e. The normalized spacial score (nSPS) is 12.3. The summed E-state index contributed by atoms with van der Waals surface area (Å²) >= 11 is 0. The first-order valence-electron chi connectivity index (χ1n) is 9.31. The molecule has 2 aromatic carbocycles. The lowest BCUT2D eigenvalue weighted by Gasteiger charge is -2.20. The number of benzene rings is 2. The van der Waals surface area contributed by atoms with Crippen LogP contribution in [0.15, 0.2) is 47.4 Å². The molecule has 0 heterocycles. The number of amides is 1. The van der Waals surface area contributed by atoms with Gasteiger partial charge in [-0.1, -0.05) is 26.0 Å². The number of nitriles is 1. The monoisotopic (exact) mass is 415 g/mol. The maximum atomic E-state index is 12.9. The van der Waals surface area contributed by atoms with Gasteiger partial charge in [0.2, 0.25) is 10.0 Å². The Morgan fingerprint density at radius 3 is 2.52 bits per heavy atom. The zero-order valence-corrected chi connectivity index (χ0v) is 17.8. The predicted octanol–water partition coefficient (Wildman–Crippen LogP) is 3.30. The van der Waals surface area contributed by atoms with Crippen LogP contribution in [0, 0.1) is 18.3 Å². The first-order chi connectivity index (χ1) is 13.7. The maximum absolute atomic E-state index is 12.9. The SMILES string of the molecule is CCN(CC)S(=O)(=O)c1cc(NC(=O)[C@@H](C)Oc2cccc(C#N)c2)ccc1C. The Morgan fingerprint density at radius 2 is 1.90 bits per heavy atom. The van der Waals surface area contributed by atoms with Crippen molar-refractivity contribution in [1.29, 1.82) is 5.26 Å². The van der Waals surface area contributed by atoms with Crippen molar-refractivity contribution in [2.75, 3.05) is 18.4 Å². The fourth-order valence-corrected chi connectivity index (χ4v) is 4.51. The number of carbonyl (C=O) groups is 1. The van der Waals surface area contributed by atoms with Crippen molar-refractivity contribution in [3.8, 4) is 11.8 Å². The average Bonchev–Trinajstić information content (AvgIpc) is 2.70. The Morgan fingerprint density at radius 1 is 1.21 bits per heavy atom. The molecule has 0 aliphatic rings. The summed E-state index contributed by atoms with van der Waals surface area (Å²) in [6, 6.07) is 13.3. The number of nitrogens with zero attached hydrogens (tertiary/aromatic N) is 2. The van der Waals surface area contributed by atoms with E-state index in [1.165, 1.54) is 10.4 Å². The van der Waals surface area contributed by atoms with Crippen molar-refractivity contribution >= 4 is 21.6 Å². The molecule has 0 fully saturated rings. The molecular weight excluding hydrogens is 390 g/mol. The van der Waals surface area contributed by atoms with E-state index in [2.05, 4.69) is 5.32 Å². The number of rotatable bonds is 8. The molecule has 0 aliphatic heterocycles. The van der Waals surface area contributed by atoms with Crippen molar-refractivity contribution in [3.05, 3.63) is 53.6 Å². The van der Waals surface area contributed by atoms with Crippen LogP contribution in [0.4, 0.5) is 5.69 Å². The number of hydrogen-bond acceptors (Lipinski definition) is 5. The number of aryl methyl sites for hydroxylation is 1. The number of anilines is 1. The van der Waals surface area contributed by atoms with E-state index in [-0.39, 0.29) is 4.90 Å². The predicted molar refractivity (Wildman–Crippen MR) is 111 cm³/mol. The van der Waals surface area contributed by atoms with Gasteiger partial charge in [-0.2, -0.15) is 9.57 Å². The largest absolute Gasteiger partial charge is 0.481 e. The van der Waals surface area contributed by atoms with Gasteiger partial charge in [0.05, 0.1) is 16.5 Å². The Bertz CT molecular complexity index is 1020. The quantitative estimate of drug-likeness (QED) is 0.713. The second-order valence-corrected chi connectivity index (χ2v) is 8.36. The van der Waals surface area contributed by atoms with Crippen LogP contribution in [0.2, 0.25) is 0 Å². The number of ether oxygens (including phenoxy) is 1. The highest BCUT2D eigenvalue weighted by atomic mass is 32.2. The molecule has 0 aromatic heterocycles. The van der Waals surface area contributed by atoms with E-state index in [9.17, 15) is 13.2 Å². The summed E-state index contributed by atoms with van der Waals surface area (Å²) in [6.45, 7) is 7.58. The molecular formula is C21H25N3O4S. The fraction of sp³-hybridized carbons (Fsp3) is 0.333. The highest BCUT2D eigenvalue weighted by molar-refractivity contribution is 7.89. The third-order valence-electron chi connectivity index (χ3n) is 4.42. The van der Waals surface area contributed by atoms with Crippen LogP contribution in [0.1, 0.15) is 31.9 Å². The van der Waals surface area contributed by atoms with E-state index in [1.807, 2.05) is 6.07 Å². The van der Waals surface area contributed by atoms with Gasteiger partial charge in [-0.05, 0) is 49.7 Å². The van der Waals surface area contributed by atoms with Crippen molar-refractivity contribution in [3.63, 3.8) is 0 Å². The van der Waals surface area contributed by atoms with Crippen molar-refractivity contribution in [1.82, 2.24) is 4.31 Å². The molecule has 7 nitrogen and oxygen atoms in total. The molecule has 1 amide bonds. The van der Waals surface area contributed by atoms with Crippen LogP contribution in [-0.2, 0) is 14.8 Å². The molecule has 2 rings (SSSR count). The standard InChI is InChI=1S/C21H25N3O4S/c1-5-24(6-2)29(26,27)20-13-18(11-10-15(20)3)23-21(25)16(4)28-19-9-7-8-17(12-19)14-22/h7-13,16H,5-6H2,1-4H3,(H,23,25)/t16-/m1/s1.